The topological polar surface area (TPSA) is 126 Å². The number of aryl methyl sites for hydroxylation is 2. The Balaban J connectivity index is 1.75. The van der Waals surface area contributed by atoms with Crippen LogP contribution in [0.25, 0.3) is 22.5 Å². The van der Waals surface area contributed by atoms with Crippen LogP contribution in [0.1, 0.15) is 45.3 Å². The van der Waals surface area contributed by atoms with Gasteiger partial charge in [-0.2, -0.15) is 0 Å². The van der Waals surface area contributed by atoms with Crippen molar-refractivity contribution in [2.24, 2.45) is 0 Å². The first-order valence-corrected chi connectivity index (χ1v) is 12.7. The third kappa shape index (κ3) is 4.32. The van der Waals surface area contributed by atoms with Gasteiger partial charge in [-0.25, -0.2) is 23.1 Å². The van der Waals surface area contributed by atoms with E-state index in [1.54, 1.807) is 26.0 Å². The molecule has 2 fully saturated rings. The quantitative estimate of drug-likeness (QED) is 0.576. The maximum absolute atomic E-state index is 13.4. The molecule has 1 saturated carbocycles. The van der Waals surface area contributed by atoms with E-state index in [4.69, 9.17) is 9.40 Å². The Bertz CT molecular complexity index is 1320. The summed E-state index contributed by atoms with van der Waals surface area (Å²) in [4.78, 5) is 11.7. The lowest BCUT2D eigenvalue weighted by Crippen LogP contribution is -2.54. The van der Waals surface area contributed by atoms with E-state index < -0.39 is 10.0 Å². The number of aromatic nitrogens is 4. The number of benzene rings is 1. The Morgan fingerprint density at radius 2 is 1.82 bits per heavy atom. The molecule has 11 heteroatoms. The van der Waals surface area contributed by atoms with Crippen molar-refractivity contribution in [2.45, 2.75) is 70.0 Å². The summed E-state index contributed by atoms with van der Waals surface area (Å²) in [5, 5.41) is 12.2. The van der Waals surface area contributed by atoms with Gasteiger partial charge in [-0.1, -0.05) is 0 Å². The van der Waals surface area contributed by atoms with Gasteiger partial charge in [0.15, 0.2) is 0 Å². The molecule has 2 aliphatic rings. The zero-order chi connectivity index (χ0) is 23.5. The van der Waals surface area contributed by atoms with Crippen molar-refractivity contribution < 1.29 is 12.8 Å². The summed E-state index contributed by atoms with van der Waals surface area (Å²) < 4.78 is 35.3. The lowest BCUT2D eigenvalue weighted by atomic mass is 10.1. The van der Waals surface area contributed by atoms with Crippen molar-refractivity contribution in [3.05, 3.63) is 23.8 Å². The van der Waals surface area contributed by atoms with Gasteiger partial charge < -0.3 is 14.6 Å². The summed E-state index contributed by atoms with van der Waals surface area (Å²) in [7, 11) is -3.75. The Hall–Kier alpha value is -2.63. The Kier molecular flexibility index (Phi) is 5.18. The summed E-state index contributed by atoms with van der Waals surface area (Å²) >= 11 is 0. The van der Waals surface area contributed by atoms with Gasteiger partial charge in [-0.3, -0.25) is 0 Å². The standard InChI is InChI=1S/C22H29N7O3S/c1-12-10-29(11-13(2)23-12)18-9-16(33(30,31)28-22(5)6-7-22)8-17-19(18)24-14(3)25-20(17)21-27-26-15(4)32-21/h8-9,12-13,23,28H,6-7,10-11H2,1-5H3/t12-,13-/m0/s1. The molecule has 0 amide bonds. The van der Waals surface area contributed by atoms with Gasteiger partial charge in [0.05, 0.1) is 16.1 Å². The summed E-state index contributed by atoms with van der Waals surface area (Å²) in [6.45, 7) is 11.1. The van der Waals surface area contributed by atoms with Gasteiger partial charge in [0.25, 0.3) is 5.89 Å². The molecule has 3 aromatic rings. The largest absolute Gasteiger partial charge is 0.420 e. The maximum Gasteiger partial charge on any atom is 0.267 e. The fourth-order valence-corrected chi connectivity index (χ4v) is 5.96. The minimum atomic E-state index is -3.75. The minimum absolute atomic E-state index is 0.182. The van der Waals surface area contributed by atoms with Crippen LogP contribution in [0.2, 0.25) is 0 Å². The van der Waals surface area contributed by atoms with Gasteiger partial charge >= 0.3 is 0 Å². The first kappa shape index (κ1) is 22.2. The van der Waals surface area contributed by atoms with Crippen LogP contribution in [0.15, 0.2) is 21.4 Å². The summed E-state index contributed by atoms with van der Waals surface area (Å²) in [6, 6.07) is 3.84. The molecule has 33 heavy (non-hydrogen) atoms. The third-order valence-electron chi connectivity index (χ3n) is 6.18. The van der Waals surface area contributed by atoms with E-state index in [1.807, 2.05) is 6.92 Å². The second-order valence-electron chi connectivity index (χ2n) is 9.62. The van der Waals surface area contributed by atoms with E-state index in [1.165, 1.54) is 0 Å². The van der Waals surface area contributed by atoms with Gasteiger partial charge in [0.2, 0.25) is 15.9 Å². The fourth-order valence-electron chi connectivity index (χ4n) is 4.45. The van der Waals surface area contributed by atoms with Gasteiger partial charge in [0, 0.05) is 43.0 Å². The van der Waals surface area contributed by atoms with E-state index >= 15 is 0 Å². The number of sulfonamides is 1. The van der Waals surface area contributed by atoms with Crippen LogP contribution in [0.4, 0.5) is 5.69 Å². The predicted octanol–water partition coefficient (Wildman–Crippen LogP) is 2.31. The minimum Gasteiger partial charge on any atom is -0.420 e. The Labute approximate surface area is 193 Å². The van der Waals surface area contributed by atoms with Crippen LogP contribution in [0.3, 0.4) is 0 Å². The number of hydrogen-bond acceptors (Lipinski definition) is 9. The van der Waals surface area contributed by atoms with Crippen molar-refractivity contribution in [3.63, 3.8) is 0 Å². The zero-order valence-corrected chi connectivity index (χ0v) is 20.3. The maximum atomic E-state index is 13.4. The molecule has 2 aromatic heterocycles. The Morgan fingerprint density at radius 1 is 1.12 bits per heavy atom. The van der Waals surface area contributed by atoms with E-state index in [0.717, 1.165) is 31.6 Å². The summed E-state index contributed by atoms with van der Waals surface area (Å²) in [6.07, 6.45) is 1.66. The number of piperazine rings is 1. The first-order valence-electron chi connectivity index (χ1n) is 11.2. The lowest BCUT2D eigenvalue weighted by molar-refractivity contribution is 0.407. The normalized spacial score (nSPS) is 22.6. The average molecular weight is 472 g/mol. The molecule has 1 aliphatic heterocycles. The molecule has 3 heterocycles. The molecule has 5 rings (SSSR count). The number of hydrogen-bond donors (Lipinski definition) is 2. The van der Waals surface area contributed by atoms with Crippen molar-refractivity contribution in [3.8, 4) is 11.6 Å². The van der Waals surface area contributed by atoms with E-state index in [2.05, 4.69) is 44.0 Å². The van der Waals surface area contributed by atoms with Crippen LogP contribution < -0.4 is 14.9 Å². The Morgan fingerprint density at radius 3 is 2.42 bits per heavy atom. The number of nitrogens with zero attached hydrogens (tertiary/aromatic N) is 5. The zero-order valence-electron chi connectivity index (χ0n) is 19.5. The van der Waals surface area contributed by atoms with Crippen LogP contribution in [-0.2, 0) is 10.0 Å². The van der Waals surface area contributed by atoms with Crippen molar-refractivity contribution in [1.82, 2.24) is 30.2 Å². The monoisotopic (exact) mass is 471 g/mol. The van der Waals surface area contributed by atoms with Gasteiger partial charge in [-0.05, 0) is 52.7 Å². The van der Waals surface area contributed by atoms with Gasteiger partial charge in [-0.15, -0.1) is 10.2 Å². The van der Waals surface area contributed by atoms with Crippen LogP contribution in [-0.4, -0.2) is 59.3 Å². The summed E-state index contributed by atoms with van der Waals surface area (Å²) in [5.41, 5.74) is 1.48. The van der Waals surface area contributed by atoms with Crippen molar-refractivity contribution in [2.75, 3.05) is 18.0 Å². The molecule has 1 saturated heterocycles. The molecule has 0 spiro atoms. The highest BCUT2D eigenvalue weighted by Gasteiger charge is 2.41. The van der Waals surface area contributed by atoms with Gasteiger partial charge in [0.1, 0.15) is 11.5 Å². The molecule has 10 nitrogen and oxygen atoms in total. The third-order valence-corrected chi connectivity index (χ3v) is 7.80. The predicted molar refractivity (Wildman–Crippen MR) is 125 cm³/mol. The van der Waals surface area contributed by atoms with E-state index in [9.17, 15) is 8.42 Å². The number of fused-ring (bicyclic) bond motifs is 1. The number of nitrogens with one attached hydrogen (secondary N) is 2. The van der Waals surface area contributed by atoms with E-state index in [0.29, 0.717) is 28.3 Å². The lowest BCUT2D eigenvalue weighted by Gasteiger charge is -2.38. The van der Waals surface area contributed by atoms with Crippen LogP contribution >= 0.6 is 0 Å². The second-order valence-corrected chi connectivity index (χ2v) is 11.3. The molecule has 1 aliphatic carbocycles. The average Bonchev–Trinajstić information content (AvgIpc) is 3.27. The van der Waals surface area contributed by atoms with E-state index in [-0.39, 0.29) is 28.4 Å². The highest BCUT2D eigenvalue weighted by atomic mass is 32.2. The molecular weight excluding hydrogens is 442 g/mol. The van der Waals surface area contributed by atoms with Crippen LogP contribution in [0.5, 0.6) is 0 Å². The molecular formula is C22H29N7O3S. The first-order chi connectivity index (χ1) is 15.5. The van der Waals surface area contributed by atoms with Crippen LogP contribution in [0, 0.1) is 13.8 Å². The highest BCUT2D eigenvalue weighted by Crippen LogP contribution is 2.38. The molecule has 0 unspecified atom stereocenters. The summed E-state index contributed by atoms with van der Waals surface area (Å²) in [5.74, 6) is 1.20. The second kappa shape index (κ2) is 7.71. The number of anilines is 1. The SMILES string of the molecule is Cc1nc(-c2nnc(C)o2)c2cc(S(=O)(=O)NC3(C)CC3)cc(N3C[C@H](C)N[C@@H](C)C3)c2n1. The van der Waals surface area contributed by atoms with Crippen molar-refractivity contribution >= 4 is 26.6 Å². The molecule has 2 atom stereocenters. The molecule has 176 valence electrons. The molecule has 2 N–H and O–H groups in total. The number of rotatable bonds is 5. The fraction of sp³-hybridized carbons (Fsp3) is 0.545. The smallest absolute Gasteiger partial charge is 0.267 e. The van der Waals surface area contributed by atoms with Crippen molar-refractivity contribution in [1.29, 1.82) is 0 Å². The molecule has 1 aromatic carbocycles. The molecule has 0 radical (unpaired) electrons. The highest BCUT2D eigenvalue weighted by molar-refractivity contribution is 7.89. The molecule has 0 bridgehead atoms.